The van der Waals surface area contributed by atoms with Crippen molar-refractivity contribution in [3.8, 4) is 0 Å². The molecule has 1 aromatic heterocycles. The first-order valence-electron chi connectivity index (χ1n) is 16.8. The van der Waals surface area contributed by atoms with Gasteiger partial charge in [-0.15, -0.1) is 5.10 Å². The third kappa shape index (κ3) is 6.28. The third-order valence-electron chi connectivity index (χ3n) is 10.2. The van der Waals surface area contributed by atoms with Crippen molar-refractivity contribution in [3.63, 3.8) is 0 Å². The first-order valence-corrected chi connectivity index (χ1v) is 19.8. The minimum absolute atomic E-state index is 0.0550. The fourth-order valence-electron chi connectivity index (χ4n) is 7.91. The van der Waals surface area contributed by atoms with Crippen molar-refractivity contribution in [3.05, 3.63) is 75.6 Å². The van der Waals surface area contributed by atoms with E-state index in [2.05, 4.69) is 10.3 Å². The monoisotopic (exact) mass is 678 g/mol. The smallest absolute Gasteiger partial charge is 0.269 e. The van der Waals surface area contributed by atoms with Gasteiger partial charge in [-0.3, -0.25) is 24.4 Å². The number of nitro groups is 1. The van der Waals surface area contributed by atoms with Crippen molar-refractivity contribution in [1.82, 2.24) is 15.0 Å². The molecule has 3 aromatic rings. The van der Waals surface area contributed by atoms with E-state index in [0.717, 1.165) is 36.9 Å². The Kier molecular flexibility index (Phi) is 9.51. The van der Waals surface area contributed by atoms with Gasteiger partial charge in [-0.25, -0.2) is 0 Å². The van der Waals surface area contributed by atoms with Gasteiger partial charge in [-0.05, 0) is 56.1 Å². The van der Waals surface area contributed by atoms with Gasteiger partial charge in [0.25, 0.3) is 11.6 Å². The van der Waals surface area contributed by atoms with Gasteiger partial charge in [0.2, 0.25) is 14.3 Å². The van der Waals surface area contributed by atoms with Gasteiger partial charge in [0.15, 0.2) is 5.60 Å². The molecule has 0 saturated carbocycles. The molecule has 0 aliphatic carbocycles. The lowest BCUT2D eigenvalue weighted by Crippen LogP contribution is -2.45. The quantitative estimate of drug-likeness (QED) is 0.129. The Bertz CT molecular complexity index is 1680. The molecular weight excluding hydrogens is 635 g/mol. The van der Waals surface area contributed by atoms with Crippen LogP contribution in [0.15, 0.2) is 48.7 Å². The van der Waals surface area contributed by atoms with E-state index in [0.29, 0.717) is 49.3 Å². The molecule has 48 heavy (non-hydrogen) atoms. The van der Waals surface area contributed by atoms with Crippen LogP contribution in [0.4, 0.5) is 21.2 Å². The van der Waals surface area contributed by atoms with Crippen molar-refractivity contribution in [2.75, 3.05) is 23.0 Å². The second-order valence-electron chi connectivity index (χ2n) is 13.7. The summed E-state index contributed by atoms with van der Waals surface area (Å²) in [7, 11) is -3.45. The molecule has 0 unspecified atom stereocenters. The van der Waals surface area contributed by atoms with Gasteiger partial charge < -0.3 is 23.8 Å². The highest BCUT2D eigenvalue weighted by Gasteiger charge is 2.66. The van der Waals surface area contributed by atoms with E-state index in [1.54, 1.807) is 34.9 Å². The lowest BCUT2D eigenvalue weighted by atomic mass is 9.82. The average Bonchev–Trinajstić information content (AvgIpc) is 3.68. The molecule has 2 amide bonds. The molecule has 4 heterocycles. The number of nitro benzene ring substituents is 1. The highest BCUT2D eigenvalue weighted by Crippen LogP contribution is 2.60. The number of hydrogen-bond donors (Lipinski definition) is 1. The highest BCUT2D eigenvalue weighted by molar-refractivity contribution is 6.72. The van der Waals surface area contributed by atoms with Crippen LogP contribution < -0.4 is 9.80 Å². The Hall–Kier alpha value is -4.01. The van der Waals surface area contributed by atoms with Gasteiger partial charge in [0.1, 0.15) is 0 Å². The lowest BCUT2D eigenvalue weighted by Gasteiger charge is -2.31. The SMILES string of the molecule is C[C@@H]1[C@@H]([Si](C)(C)F)[C@H](CCn2cc(CCO)nn2)O[C@@]12C(=O)N(Cc1ccc(N3CCCCCCC3=O)cc1)c1ccc([N+](=O)[O-])cc12. The number of hydrogen-bond acceptors (Lipinski definition) is 8. The summed E-state index contributed by atoms with van der Waals surface area (Å²) in [6.07, 6.45) is 6.32. The number of carbonyl (C=O) groups is 2. The molecule has 256 valence electrons. The molecule has 2 saturated heterocycles. The number of nitrogens with zero attached hydrogens (tertiary/aromatic N) is 6. The number of anilines is 2. The minimum Gasteiger partial charge on any atom is -0.396 e. The predicted molar refractivity (Wildman–Crippen MR) is 180 cm³/mol. The van der Waals surface area contributed by atoms with Crippen molar-refractivity contribution >= 4 is 37.3 Å². The summed E-state index contributed by atoms with van der Waals surface area (Å²) in [5.41, 5.74) is 0.800. The number of aliphatic hydroxyl groups is 1. The zero-order chi connectivity index (χ0) is 34.2. The zero-order valence-electron chi connectivity index (χ0n) is 27.7. The Morgan fingerprint density at radius 3 is 2.58 bits per heavy atom. The van der Waals surface area contributed by atoms with Crippen LogP contribution >= 0.6 is 0 Å². The summed E-state index contributed by atoms with van der Waals surface area (Å²) in [5, 5.41) is 29.4. The summed E-state index contributed by atoms with van der Waals surface area (Å²) in [5.74, 6) is -0.862. The van der Waals surface area contributed by atoms with Crippen LogP contribution in [-0.4, -0.2) is 64.5 Å². The molecule has 0 radical (unpaired) electrons. The minimum atomic E-state index is -3.45. The fraction of sp³-hybridized carbons (Fsp3) is 0.529. The number of rotatable bonds is 10. The second kappa shape index (κ2) is 13.5. The van der Waals surface area contributed by atoms with Crippen LogP contribution in [0.3, 0.4) is 0 Å². The molecule has 4 atom stereocenters. The summed E-state index contributed by atoms with van der Waals surface area (Å²) in [4.78, 5) is 42.4. The van der Waals surface area contributed by atoms with Crippen molar-refractivity contribution < 1.29 is 28.5 Å². The Morgan fingerprint density at radius 1 is 1.12 bits per heavy atom. The summed E-state index contributed by atoms with van der Waals surface area (Å²) in [6, 6.07) is 12.0. The fourth-order valence-corrected chi connectivity index (χ4v) is 10.5. The van der Waals surface area contributed by atoms with Crippen LogP contribution in [0, 0.1) is 16.0 Å². The first-order chi connectivity index (χ1) is 22.9. The van der Waals surface area contributed by atoms with Crippen LogP contribution in [0.5, 0.6) is 0 Å². The molecule has 2 aromatic carbocycles. The molecule has 3 aliphatic heterocycles. The number of fused-ring (bicyclic) bond motifs is 2. The van der Waals surface area contributed by atoms with E-state index in [-0.39, 0.29) is 30.7 Å². The summed E-state index contributed by atoms with van der Waals surface area (Å²) < 4.78 is 24.6. The largest absolute Gasteiger partial charge is 0.396 e. The maximum Gasteiger partial charge on any atom is 0.269 e. The van der Waals surface area contributed by atoms with Crippen LogP contribution in [0.2, 0.25) is 18.6 Å². The molecule has 1 spiro atoms. The Labute approximate surface area is 280 Å². The van der Waals surface area contributed by atoms with Crippen LogP contribution in [0.1, 0.15) is 62.3 Å². The van der Waals surface area contributed by atoms with Crippen molar-refractivity contribution in [2.45, 2.75) is 95.3 Å². The molecule has 6 rings (SSSR count). The Balaban J connectivity index is 1.31. The normalized spacial score (nSPS) is 24.6. The Morgan fingerprint density at radius 2 is 1.88 bits per heavy atom. The van der Waals surface area contributed by atoms with E-state index in [4.69, 9.17) is 4.74 Å². The maximum absolute atomic E-state index is 16.2. The number of non-ortho nitro benzene ring substituents is 1. The van der Waals surface area contributed by atoms with Crippen molar-refractivity contribution in [1.29, 1.82) is 0 Å². The standard InChI is InChI=1S/C34H43FN6O6Si/c1-23-32(48(2,3)35)30(15-18-38-22-25(16-19-42)36-37-38)47-34(23)28-20-27(41(45)46)13-14-29(28)40(33(34)44)21-24-9-11-26(12-10-24)39-17-7-5-4-6-8-31(39)43/h9-14,20,22-23,30,32,42H,4-8,15-19,21H2,1-3H3/t23-,30+,32-,34+/m1/s1. The number of ether oxygens (including phenoxy) is 1. The van der Waals surface area contributed by atoms with E-state index in [1.165, 1.54) is 12.1 Å². The molecule has 2 fully saturated rings. The summed E-state index contributed by atoms with van der Waals surface area (Å²) in [6.45, 7) is 6.20. The molecule has 3 aliphatic rings. The molecule has 12 nitrogen and oxygen atoms in total. The lowest BCUT2D eigenvalue weighted by molar-refractivity contribution is -0.385. The van der Waals surface area contributed by atoms with Crippen molar-refractivity contribution in [2.24, 2.45) is 5.92 Å². The number of aryl methyl sites for hydroxylation is 1. The predicted octanol–water partition coefficient (Wildman–Crippen LogP) is 5.43. The van der Waals surface area contributed by atoms with E-state index >= 15 is 4.11 Å². The van der Waals surface area contributed by atoms with E-state index in [9.17, 15) is 24.8 Å². The summed E-state index contributed by atoms with van der Waals surface area (Å²) >= 11 is 0. The van der Waals surface area contributed by atoms with Gasteiger partial charge in [-0.2, -0.15) is 0 Å². The number of amides is 2. The number of halogens is 1. The van der Waals surface area contributed by atoms with Gasteiger partial charge in [-0.1, -0.05) is 37.1 Å². The average molecular weight is 679 g/mol. The number of aromatic nitrogens is 3. The van der Waals surface area contributed by atoms with E-state index < -0.39 is 36.5 Å². The number of aliphatic hydroxyl groups excluding tert-OH is 1. The van der Waals surface area contributed by atoms with Gasteiger partial charge in [0, 0.05) is 73.6 Å². The second-order valence-corrected chi connectivity index (χ2v) is 17.5. The molecule has 1 N–H and O–H groups in total. The third-order valence-corrected chi connectivity index (χ3v) is 12.6. The number of benzene rings is 2. The van der Waals surface area contributed by atoms with Crippen LogP contribution in [0.25, 0.3) is 0 Å². The van der Waals surface area contributed by atoms with Gasteiger partial charge >= 0.3 is 0 Å². The molecular formula is C34H43FN6O6Si. The topological polar surface area (TPSA) is 144 Å². The zero-order valence-corrected chi connectivity index (χ0v) is 28.7. The maximum atomic E-state index is 16.2. The van der Waals surface area contributed by atoms with Gasteiger partial charge in [0.05, 0.1) is 29.0 Å². The highest BCUT2D eigenvalue weighted by atomic mass is 28.4. The number of carbonyl (C=O) groups excluding carboxylic acids is 2. The van der Waals surface area contributed by atoms with Crippen LogP contribution in [-0.2, 0) is 39.4 Å². The first kappa shape index (κ1) is 33.9. The molecule has 14 heteroatoms. The van der Waals surface area contributed by atoms with E-state index in [1.807, 2.05) is 36.1 Å². The molecule has 0 bridgehead atoms.